The minimum Gasteiger partial charge on any atom is -0.494 e. The van der Waals surface area contributed by atoms with E-state index in [1.807, 2.05) is 42.5 Å². The molecule has 2 amide bonds. The van der Waals surface area contributed by atoms with Gasteiger partial charge in [-0.2, -0.15) is 0 Å². The minimum absolute atomic E-state index is 0.172. The molecule has 1 heterocycles. The predicted molar refractivity (Wildman–Crippen MR) is 114 cm³/mol. The smallest absolute Gasteiger partial charge is 0.254 e. The van der Waals surface area contributed by atoms with Gasteiger partial charge >= 0.3 is 0 Å². The number of rotatable bonds is 6. The second-order valence-corrected chi connectivity index (χ2v) is 7.42. The monoisotopic (exact) mass is 408 g/mol. The molecule has 1 aliphatic heterocycles. The highest BCUT2D eigenvalue weighted by Crippen LogP contribution is 2.41. The van der Waals surface area contributed by atoms with E-state index in [9.17, 15) is 9.59 Å². The minimum atomic E-state index is -0.692. The number of fused-ring (bicyclic) bond motifs is 2. The van der Waals surface area contributed by atoms with Crippen molar-refractivity contribution >= 4 is 39.9 Å². The fraction of sp³-hybridized carbons (Fsp3) is 0.217. The lowest BCUT2D eigenvalue weighted by Gasteiger charge is -2.19. The fourth-order valence-electron chi connectivity index (χ4n) is 3.68. The Morgan fingerprint density at radius 1 is 1.10 bits per heavy atom. The SMILES string of the molecule is CC(=O)N[C@@H]1C(=O)N(CCCOc2ccc3ccccc3c2)c2c(Cl)cccc21. The van der Waals surface area contributed by atoms with Crippen LogP contribution in [0.25, 0.3) is 10.8 Å². The maximum atomic E-state index is 12.9. The van der Waals surface area contributed by atoms with Crippen LogP contribution in [0.4, 0.5) is 5.69 Å². The van der Waals surface area contributed by atoms with Gasteiger partial charge in [-0.05, 0) is 35.4 Å². The van der Waals surface area contributed by atoms with Crippen LogP contribution in [0.15, 0.2) is 60.7 Å². The van der Waals surface area contributed by atoms with E-state index in [1.54, 1.807) is 17.0 Å². The van der Waals surface area contributed by atoms with E-state index in [0.29, 0.717) is 30.3 Å². The van der Waals surface area contributed by atoms with Crippen molar-refractivity contribution in [1.29, 1.82) is 0 Å². The van der Waals surface area contributed by atoms with Crippen molar-refractivity contribution < 1.29 is 14.3 Å². The Labute approximate surface area is 174 Å². The van der Waals surface area contributed by atoms with Crippen LogP contribution in [0.5, 0.6) is 5.75 Å². The summed E-state index contributed by atoms with van der Waals surface area (Å²) in [5.41, 5.74) is 1.40. The van der Waals surface area contributed by atoms with Gasteiger partial charge in [0.15, 0.2) is 0 Å². The normalized spacial score (nSPS) is 15.4. The van der Waals surface area contributed by atoms with Crippen molar-refractivity contribution in [2.45, 2.75) is 19.4 Å². The Hall–Kier alpha value is -3.05. The first-order valence-corrected chi connectivity index (χ1v) is 9.91. The lowest BCUT2D eigenvalue weighted by atomic mass is 10.1. The average Bonchev–Trinajstić information content (AvgIpc) is 2.97. The summed E-state index contributed by atoms with van der Waals surface area (Å²) in [6, 6.07) is 18.8. The van der Waals surface area contributed by atoms with E-state index in [1.165, 1.54) is 6.92 Å². The molecule has 0 aliphatic carbocycles. The topological polar surface area (TPSA) is 58.6 Å². The van der Waals surface area contributed by atoms with E-state index in [-0.39, 0.29) is 11.8 Å². The largest absolute Gasteiger partial charge is 0.494 e. The Morgan fingerprint density at radius 2 is 1.90 bits per heavy atom. The molecule has 4 rings (SSSR count). The van der Waals surface area contributed by atoms with Crippen molar-refractivity contribution in [2.75, 3.05) is 18.1 Å². The molecule has 0 aromatic heterocycles. The molecule has 0 unspecified atom stereocenters. The number of carbonyl (C=O) groups excluding carboxylic acids is 2. The zero-order chi connectivity index (χ0) is 20.4. The van der Waals surface area contributed by atoms with Crippen molar-refractivity contribution in [3.05, 3.63) is 71.2 Å². The number of ether oxygens (including phenoxy) is 1. The molecule has 1 N–H and O–H groups in total. The number of carbonyl (C=O) groups is 2. The van der Waals surface area contributed by atoms with Crippen molar-refractivity contribution in [3.8, 4) is 5.75 Å². The number of nitrogens with one attached hydrogen (secondary N) is 1. The van der Waals surface area contributed by atoms with Crippen molar-refractivity contribution in [1.82, 2.24) is 5.32 Å². The summed E-state index contributed by atoms with van der Waals surface area (Å²) in [6.07, 6.45) is 0.635. The summed E-state index contributed by atoms with van der Waals surface area (Å²) in [6.45, 7) is 2.32. The molecule has 148 valence electrons. The predicted octanol–water partition coefficient (Wildman–Crippen LogP) is 4.49. The molecule has 0 saturated carbocycles. The van der Waals surface area contributed by atoms with Crippen LogP contribution in [-0.2, 0) is 9.59 Å². The summed E-state index contributed by atoms with van der Waals surface area (Å²) in [4.78, 5) is 26.0. The third-order valence-corrected chi connectivity index (χ3v) is 5.28. The van der Waals surface area contributed by atoms with E-state index < -0.39 is 6.04 Å². The van der Waals surface area contributed by atoms with Crippen LogP contribution in [0.3, 0.4) is 0 Å². The first kappa shape index (κ1) is 19.3. The molecule has 6 heteroatoms. The van der Waals surface area contributed by atoms with Gasteiger partial charge in [0, 0.05) is 19.0 Å². The Balaban J connectivity index is 1.42. The molecule has 1 aliphatic rings. The molecule has 5 nitrogen and oxygen atoms in total. The van der Waals surface area contributed by atoms with Gasteiger partial charge in [-0.1, -0.05) is 54.1 Å². The van der Waals surface area contributed by atoms with Gasteiger partial charge in [-0.25, -0.2) is 0 Å². The third kappa shape index (κ3) is 3.91. The average molecular weight is 409 g/mol. The molecular weight excluding hydrogens is 388 g/mol. The molecule has 0 radical (unpaired) electrons. The molecule has 0 saturated heterocycles. The Morgan fingerprint density at radius 3 is 2.69 bits per heavy atom. The fourth-order valence-corrected chi connectivity index (χ4v) is 3.97. The van der Waals surface area contributed by atoms with Crippen LogP contribution < -0.4 is 15.0 Å². The van der Waals surface area contributed by atoms with Gasteiger partial charge in [0.2, 0.25) is 5.91 Å². The molecule has 29 heavy (non-hydrogen) atoms. The number of hydrogen-bond acceptors (Lipinski definition) is 3. The highest BCUT2D eigenvalue weighted by atomic mass is 35.5. The first-order valence-electron chi connectivity index (χ1n) is 9.53. The van der Waals surface area contributed by atoms with Crippen LogP contribution >= 0.6 is 11.6 Å². The van der Waals surface area contributed by atoms with Crippen LogP contribution in [0.2, 0.25) is 5.02 Å². The highest BCUT2D eigenvalue weighted by molar-refractivity contribution is 6.34. The molecule has 3 aromatic rings. The molecule has 0 bridgehead atoms. The van der Waals surface area contributed by atoms with E-state index in [4.69, 9.17) is 16.3 Å². The molecule has 3 aromatic carbocycles. The van der Waals surface area contributed by atoms with Gasteiger partial charge in [0.05, 0.1) is 17.3 Å². The van der Waals surface area contributed by atoms with E-state index in [2.05, 4.69) is 11.4 Å². The Bertz CT molecular complexity index is 1080. The number of halogens is 1. The number of benzene rings is 3. The number of hydrogen-bond donors (Lipinski definition) is 1. The molecule has 1 atom stereocenters. The lowest BCUT2D eigenvalue weighted by molar-refractivity contribution is -0.126. The third-order valence-electron chi connectivity index (χ3n) is 4.98. The van der Waals surface area contributed by atoms with Crippen LogP contribution in [0, 0.1) is 0 Å². The second kappa shape index (κ2) is 8.13. The maximum absolute atomic E-state index is 12.9. The summed E-state index contributed by atoms with van der Waals surface area (Å²) < 4.78 is 5.88. The standard InChI is InChI=1S/C23H21ClN2O3/c1-15(27)25-21-19-8-4-9-20(24)22(19)26(23(21)28)12-5-13-29-18-11-10-16-6-2-3-7-17(16)14-18/h2-4,6-11,14,21H,5,12-13H2,1H3,(H,25,27)/t21-/m0/s1. The summed E-state index contributed by atoms with van der Waals surface area (Å²) in [7, 11) is 0. The zero-order valence-electron chi connectivity index (χ0n) is 16.0. The van der Waals surface area contributed by atoms with Gasteiger partial charge in [0.25, 0.3) is 5.91 Å². The van der Waals surface area contributed by atoms with Gasteiger partial charge in [-0.15, -0.1) is 0 Å². The molecule has 0 fully saturated rings. The van der Waals surface area contributed by atoms with E-state index >= 15 is 0 Å². The van der Waals surface area contributed by atoms with E-state index in [0.717, 1.165) is 22.1 Å². The van der Waals surface area contributed by atoms with Crippen LogP contribution in [-0.4, -0.2) is 25.0 Å². The van der Waals surface area contributed by atoms with Crippen molar-refractivity contribution in [2.24, 2.45) is 0 Å². The first-order chi connectivity index (χ1) is 14.0. The summed E-state index contributed by atoms with van der Waals surface area (Å²) in [5.74, 6) is 0.371. The van der Waals surface area contributed by atoms with Gasteiger partial charge < -0.3 is 15.0 Å². The van der Waals surface area contributed by atoms with Gasteiger partial charge in [-0.3, -0.25) is 9.59 Å². The van der Waals surface area contributed by atoms with Crippen molar-refractivity contribution in [3.63, 3.8) is 0 Å². The highest BCUT2D eigenvalue weighted by Gasteiger charge is 2.38. The quantitative estimate of drug-likeness (QED) is 0.611. The van der Waals surface area contributed by atoms with Crippen LogP contribution in [0.1, 0.15) is 24.9 Å². The lowest BCUT2D eigenvalue weighted by Crippen LogP contribution is -2.37. The second-order valence-electron chi connectivity index (χ2n) is 7.01. The summed E-state index contributed by atoms with van der Waals surface area (Å²) >= 11 is 6.36. The Kier molecular flexibility index (Phi) is 5.41. The number of anilines is 1. The van der Waals surface area contributed by atoms with Gasteiger partial charge in [0.1, 0.15) is 11.8 Å². The molecule has 0 spiro atoms. The number of nitrogens with zero attached hydrogens (tertiary/aromatic N) is 1. The maximum Gasteiger partial charge on any atom is 0.254 e. The number of para-hydroxylation sites is 1. The molecular formula is C23H21ClN2O3. The number of amides is 2. The zero-order valence-corrected chi connectivity index (χ0v) is 16.8. The summed E-state index contributed by atoms with van der Waals surface area (Å²) in [5, 5.41) is 5.51.